The largest absolute Gasteiger partial charge is 0.359 e. The summed E-state index contributed by atoms with van der Waals surface area (Å²) in [5.41, 5.74) is 0.950. The van der Waals surface area contributed by atoms with Gasteiger partial charge in [0.2, 0.25) is 0 Å². The van der Waals surface area contributed by atoms with Gasteiger partial charge in [0.25, 0.3) is 0 Å². The van der Waals surface area contributed by atoms with E-state index in [0.29, 0.717) is 10.9 Å². The lowest BCUT2D eigenvalue weighted by Gasteiger charge is -2.18. The van der Waals surface area contributed by atoms with Crippen LogP contribution in [0.2, 0.25) is 5.02 Å². The molecule has 0 amide bonds. The van der Waals surface area contributed by atoms with Gasteiger partial charge >= 0.3 is 0 Å². The van der Waals surface area contributed by atoms with Crippen molar-refractivity contribution in [3.8, 4) is 0 Å². The van der Waals surface area contributed by atoms with Crippen LogP contribution in [0.4, 0.5) is 5.82 Å². The third-order valence-corrected chi connectivity index (χ3v) is 3.31. The van der Waals surface area contributed by atoms with Gasteiger partial charge in [-0.2, -0.15) is 0 Å². The summed E-state index contributed by atoms with van der Waals surface area (Å²) in [6, 6.07) is 1.97. The molecule has 0 atom stereocenters. The van der Waals surface area contributed by atoms with E-state index in [1.165, 1.54) is 12.8 Å². The molecule has 0 N–H and O–H groups in total. The van der Waals surface area contributed by atoms with Crippen molar-refractivity contribution in [3.63, 3.8) is 0 Å². The normalized spacial score (nSPS) is 15.4. The molecule has 0 aliphatic heterocycles. The molecular formula is C11H14Cl2N2. The van der Waals surface area contributed by atoms with Crippen molar-refractivity contribution in [2.45, 2.75) is 18.7 Å². The predicted molar refractivity (Wildman–Crippen MR) is 64.8 cm³/mol. The standard InChI is InChI=1S/C11H14Cl2N2/c1-15(7-8-2-3-8)11-4-9(5-12)10(13)6-14-11/h4,6,8H,2-3,5,7H2,1H3. The van der Waals surface area contributed by atoms with E-state index in [1.807, 2.05) is 6.07 Å². The number of halogens is 2. The summed E-state index contributed by atoms with van der Waals surface area (Å²) in [5.74, 6) is 2.25. The second-order valence-corrected chi connectivity index (χ2v) is 4.77. The summed E-state index contributed by atoms with van der Waals surface area (Å²) < 4.78 is 0. The number of aromatic nitrogens is 1. The Morgan fingerprint density at radius 3 is 2.87 bits per heavy atom. The third-order valence-electron chi connectivity index (χ3n) is 2.68. The Morgan fingerprint density at radius 1 is 1.53 bits per heavy atom. The quantitative estimate of drug-likeness (QED) is 0.756. The number of alkyl halides is 1. The summed E-state index contributed by atoms with van der Waals surface area (Å²) in [4.78, 5) is 6.47. The van der Waals surface area contributed by atoms with E-state index in [2.05, 4.69) is 16.9 Å². The van der Waals surface area contributed by atoms with Crippen LogP contribution in [0.25, 0.3) is 0 Å². The Labute approximate surface area is 100 Å². The first-order valence-electron chi connectivity index (χ1n) is 5.12. The van der Waals surface area contributed by atoms with Crippen LogP contribution in [0, 0.1) is 5.92 Å². The molecule has 0 spiro atoms. The second kappa shape index (κ2) is 4.58. The fourth-order valence-corrected chi connectivity index (χ4v) is 2.02. The zero-order valence-electron chi connectivity index (χ0n) is 8.71. The lowest BCUT2D eigenvalue weighted by Crippen LogP contribution is -2.21. The molecular weight excluding hydrogens is 231 g/mol. The van der Waals surface area contributed by atoms with E-state index in [-0.39, 0.29) is 0 Å². The topological polar surface area (TPSA) is 16.1 Å². The zero-order chi connectivity index (χ0) is 10.8. The minimum atomic E-state index is 0.436. The summed E-state index contributed by atoms with van der Waals surface area (Å²) in [7, 11) is 2.06. The van der Waals surface area contributed by atoms with Crippen LogP contribution in [0.3, 0.4) is 0 Å². The molecule has 1 aromatic rings. The maximum Gasteiger partial charge on any atom is 0.128 e. The van der Waals surface area contributed by atoms with Crippen molar-refractivity contribution in [1.29, 1.82) is 0 Å². The van der Waals surface area contributed by atoms with E-state index in [4.69, 9.17) is 23.2 Å². The fraction of sp³-hybridized carbons (Fsp3) is 0.545. The van der Waals surface area contributed by atoms with Crippen LogP contribution >= 0.6 is 23.2 Å². The number of rotatable bonds is 4. The van der Waals surface area contributed by atoms with Crippen LogP contribution < -0.4 is 4.90 Å². The van der Waals surface area contributed by atoms with Crippen molar-refractivity contribution >= 4 is 29.0 Å². The molecule has 0 unspecified atom stereocenters. The van der Waals surface area contributed by atoms with Crippen LogP contribution in [0.1, 0.15) is 18.4 Å². The van der Waals surface area contributed by atoms with Crippen LogP contribution in [0.5, 0.6) is 0 Å². The molecule has 15 heavy (non-hydrogen) atoms. The molecule has 0 bridgehead atoms. The monoisotopic (exact) mass is 244 g/mol. The summed E-state index contributed by atoms with van der Waals surface area (Å²) >= 11 is 11.7. The minimum Gasteiger partial charge on any atom is -0.359 e. The number of hydrogen-bond donors (Lipinski definition) is 0. The van der Waals surface area contributed by atoms with Gasteiger partial charge in [-0.3, -0.25) is 0 Å². The Morgan fingerprint density at radius 2 is 2.27 bits per heavy atom. The van der Waals surface area contributed by atoms with Gasteiger partial charge in [-0.15, -0.1) is 11.6 Å². The van der Waals surface area contributed by atoms with Crippen molar-refractivity contribution in [3.05, 3.63) is 22.8 Å². The molecule has 1 aromatic heterocycles. The smallest absolute Gasteiger partial charge is 0.128 e. The highest BCUT2D eigenvalue weighted by Gasteiger charge is 2.23. The third kappa shape index (κ3) is 2.76. The molecule has 1 heterocycles. The SMILES string of the molecule is CN(CC1CC1)c1cc(CCl)c(Cl)cn1. The molecule has 1 aliphatic carbocycles. The van der Waals surface area contributed by atoms with E-state index < -0.39 is 0 Å². The van der Waals surface area contributed by atoms with Crippen molar-refractivity contribution in [2.75, 3.05) is 18.5 Å². The first kappa shape index (κ1) is 11.0. The van der Waals surface area contributed by atoms with Gasteiger partial charge in [0.1, 0.15) is 5.82 Å². The summed E-state index contributed by atoms with van der Waals surface area (Å²) in [6.45, 7) is 1.08. The molecule has 2 rings (SSSR count). The molecule has 1 aliphatic rings. The highest BCUT2D eigenvalue weighted by atomic mass is 35.5. The van der Waals surface area contributed by atoms with Crippen molar-refractivity contribution in [2.24, 2.45) is 5.92 Å². The highest BCUT2D eigenvalue weighted by molar-refractivity contribution is 6.32. The molecule has 82 valence electrons. The lowest BCUT2D eigenvalue weighted by molar-refractivity contribution is 0.777. The van der Waals surface area contributed by atoms with Gasteiger partial charge in [0.15, 0.2) is 0 Å². The number of pyridine rings is 1. The maximum absolute atomic E-state index is 5.95. The maximum atomic E-state index is 5.95. The Balaban J connectivity index is 2.12. The highest BCUT2D eigenvalue weighted by Crippen LogP contribution is 2.31. The lowest BCUT2D eigenvalue weighted by atomic mass is 10.3. The van der Waals surface area contributed by atoms with Crippen LogP contribution in [-0.4, -0.2) is 18.6 Å². The summed E-state index contributed by atoms with van der Waals surface area (Å²) in [5, 5.41) is 0.647. The van der Waals surface area contributed by atoms with E-state index >= 15 is 0 Å². The van der Waals surface area contributed by atoms with Gasteiger partial charge in [-0.25, -0.2) is 4.98 Å². The van der Waals surface area contributed by atoms with E-state index in [9.17, 15) is 0 Å². The molecule has 4 heteroatoms. The zero-order valence-corrected chi connectivity index (χ0v) is 10.2. The molecule has 1 saturated carbocycles. The summed E-state index contributed by atoms with van der Waals surface area (Å²) in [6.07, 6.45) is 4.37. The molecule has 2 nitrogen and oxygen atoms in total. The van der Waals surface area contributed by atoms with Gasteiger partial charge in [-0.05, 0) is 30.4 Å². The minimum absolute atomic E-state index is 0.436. The van der Waals surface area contributed by atoms with E-state index in [0.717, 1.165) is 23.8 Å². The van der Waals surface area contributed by atoms with Gasteiger partial charge in [0, 0.05) is 25.7 Å². The van der Waals surface area contributed by atoms with Gasteiger partial charge in [-0.1, -0.05) is 11.6 Å². The molecule has 0 aromatic carbocycles. The van der Waals surface area contributed by atoms with Crippen LogP contribution in [-0.2, 0) is 5.88 Å². The molecule has 1 fully saturated rings. The second-order valence-electron chi connectivity index (χ2n) is 4.09. The Bertz CT molecular complexity index is 350. The number of anilines is 1. The first-order chi connectivity index (χ1) is 7.20. The van der Waals surface area contributed by atoms with Crippen LogP contribution in [0.15, 0.2) is 12.3 Å². The van der Waals surface area contributed by atoms with Gasteiger partial charge < -0.3 is 4.90 Å². The average molecular weight is 245 g/mol. The Hall–Kier alpha value is -0.470. The average Bonchev–Trinajstić information content (AvgIpc) is 3.02. The van der Waals surface area contributed by atoms with E-state index in [1.54, 1.807) is 6.20 Å². The molecule has 0 saturated heterocycles. The fourth-order valence-electron chi connectivity index (χ4n) is 1.56. The van der Waals surface area contributed by atoms with Crippen molar-refractivity contribution < 1.29 is 0 Å². The van der Waals surface area contributed by atoms with Gasteiger partial charge in [0.05, 0.1) is 5.02 Å². The predicted octanol–water partition coefficient (Wildman–Crippen LogP) is 3.32. The Kier molecular flexibility index (Phi) is 3.37. The first-order valence-corrected chi connectivity index (χ1v) is 6.03. The molecule has 0 radical (unpaired) electrons. The number of nitrogens with zero attached hydrogens (tertiary/aromatic N) is 2. The van der Waals surface area contributed by atoms with Crippen molar-refractivity contribution in [1.82, 2.24) is 4.98 Å². The number of hydrogen-bond acceptors (Lipinski definition) is 2.